The van der Waals surface area contributed by atoms with Crippen LogP contribution in [0.4, 0.5) is 8.78 Å². The van der Waals surface area contributed by atoms with Crippen LogP contribution < -0.4 is 10.1 Å². The van der Waals surface area contributed by atoms with Crippen LogP contribution in [-0.2, 0) is 0 Å². The Bertz CT molecular complexity index is 522. The number of ether oxygens (including phenoxy) is 1. The van der Waals surface area contributed by atoms with Gasteiger partial charge < -0.3 is 10.1 Å². The number of nitrogens with one attached hydrogen (secondary N) is 1. The molecule has 0 bridgehead atoms. The first-order chi connectivity index (χ1) is 11.2. The van der Waals surface area contributed by atoms with E-state index in [1.165, 1.54) is 19.2 Å². The van der Waals surface area contributed by atoms with Crippen LogP contribution in [0, 0.1) is 11.6 Å². The summed E-state index contributed by atoms with van der Waals surface area (Å²) >= 11 is 0. The van der Waals surface area contributed by atoms with Gasteiger partial charge >= 0.3 is 0 Å². The second-order valence-corrected chi connectivity index (χ2v) is 5.85. The lowest BCUT2D eigenvalue weighted by atomic mass is 9.96. The third kappa shape index (κ3) is 5.16. The van der Waals surface area contributed by atoms with E-state index in [1.54, 1.807) is 0 Å². The number of hydrogen-bond donors (Lipinski definition) is 1. The zero-order chi connectivity index (χ0) is 16.7. The number of piperazine rings is 1. The number of nitrogens with zero attached hydrogens (tertiary/aromatic N) is 1. The van der Waals surface area contributed by atoms with Crippen LogP contribution in [-0.4, -0.2) is 38.2 Å². The first-order valence-electron chi connectivity index (χ1n) is 8.26. The van der Waals surface area contributed by atoms with Crippen molar-refractivity contribution in [3.63, 3.8) is 0 Å². The average Bonchev–Trinajstić information content (AvgIpc) is 2.58. The zero-order valence-electron chi connectivity index (χ0n) is 14.2. The number of halogens is 3. The third-order valence-electron chi connectivity index (χ3n) is 4.37. The summed E-state index contributed by atoms with van der Waals surface area (Å²) in [6.07, 6.45) is 5.44. The Labute approximate surface area is 149 Å². The minimum absolute atomic E-state index is 0. The summed E-state index contributed by atoms with van der Waals surface area (Å²) in [6.45, 7) is 7.00. The summed E-state index contributed by atoms with van der Waals surface area (Å²) in [5.41, 5.74) is 0.143. The molecule has 1 N–H and O–H groups in total. The molecule has 3 nitrogen and oxygen atoms in total. The van der Waals surface area contributed by atoms with E-state index in [4.69, 9.17) is 4.74 Å². The van der Waals surface area contributed by atoms with Gasteiger partial charge in [0.25, 0.3) is 0 Å². The maximum atomic E-state index is 14.7. The molecular formula is C18H27ClF2N2O. The van der Waals surface area contributed by atoms with Gasteiger partial charge in [0, 0.05) is 37.8 Å². The molecule has 6 heteroatoms. The summed E-state index contributed by atoms with van der Waals surface area (Å²) in [5, 5.41) is 3.28. The molecule has 24 heavy (non-hydrogen) atoms. The molecule has 1 heterocycles. The van der Waals surface area contributed by atoms with Crippen molar-refractivity contribution in [1.29, 1.82) is 0 Å². The van der Waals surface area contributed by atoms with Crippen molar-refractivity contribution in [2.75, 3.05) is 33.3 Å². The van der Waals surface area contributed by atoms with Crippen molar-refractivity contribution in [2.24, 2.45) is 0 Å². The Hall–Kier alpha value is -1.17. The van der Waals surface area contributed by atoms with Gasteiger partial charge in [-0.15, -0.1) is 19.0 Å². The van der Waals surface area contributed by atoms with E-state index < -0.39 is 11.6 Å². The van der Waals surface area contributed by atoms with Crippen molar-refractivity contribution >= 4 is 12.4 Å². The Morgan fingerprint density at radius 3 is 2.62 bits per heavy atom. The third-order valence-corrected chi connectivity index (χ3v) is 4.37. The van der Waals surface area contributed by atoms with Gasteiger partial charge in [-0.05, 0) is 31.4 Å². The topological polar surface area (TPSA) is 24.5 Å². The average molecular weight is 361 g/mol. The Balaban J connectivity index is 0.00000288. The number of methoxy groups -OCH3 is 1. The summed E-state index contributed by atoms with van der Waals surface area (Å²) in [4.78, 5) is 2.17. The number of rotatable bonds is 8. The monoisotopic (exact) mass is 360 g/mol. The normalized spacial score (nSPS) is 16.3. The highest BCUT2D eigenvalue weighted by Gasteiger charge is 2.28. The van der Waals surface area contributed by atoms with Crippen molar-refractivity contribution in [2.45, 2.75) is 31.7 Å². The molecule has 0 unspecified atom stereocenters. The Morgan fingerprint density at radius 1 is 1.29 bits per heavy atom. The maximum Gasteiger partial charge on any atom is 0.172 e. The molecule has 0 aromatic heterocycles. The zero-order valence-corrected chi connectivity index (χ0v) is 15.0. The quantitative estimate of drug-likeness (QED) is 0.558. The van der Waals surface area contributed by atoms with Gasteiger partial charge in [-0.1, -0.05) is 12.5 Å². The molecule has 1 fully saturated rings. The summed E-state index contributed by atoms with van der Waals surface area (Å²) in [5.74, 6) is -0.956. The van der Waals surface area contributed by atoms with E-state index in [0.717, 1.165) is 51.9 Å². The lowest BCUT2D eigenvalue weighted by Gasteiger charge is -2.35. The van der Waals surface area contributed by atoms with E-state index in [9.17, 15) is 8.78 Å². The predicted molar refractivity (Wildman–Crippen MR) is 96.0 cm³/mol. The second kappa shape index (κ2) is 10.6. The predicted octanol–water partition coefficient (Wildman–Crippen LogP) is 4.09. The first kappa shape index (κ1) is 20.9. The fourth-order valence-corrected chi connectivity index (χ4v) is 3.14. The lowest BCUT2D eigenvalue weighted by Crippen LogP contribution is -2.45. The van der Waals surface area contributed by atoms with Gasteiger partial charge in [0.1, 0.15) is 5.82 Å². The van der Waals surface area contributed by atoms with Crippen LogP contribution in [0.2, 0.25) is 0 Å². The Morgan fingerprint density at radius 2 is 2.00 bits per heavy atom. The molecule has 136 valence electrons. The molecule has 0 spiro atoms. The number of unbranched alkanes of at least 4 members (excludes halogenated alkanes) is 2. The van der Waals surface area contributed by atoms with Crippen LogP contribution in [0.25, 0.3) is 0 Å². The number of hydrogen-bond acceptors (Lipinski definition) is 3. The fraction of sp³-hybridized carbons (Fsp3) is 0.556. The largest absolute Gasteiger partial charge is 0.494 e. The standard InChI is InChI=1S/C18H26F2N2O.ClH/c1-3-4-5-6-7-15(22-12-10-21-11-13-22)17-14(19)8-9-16(23-2)18(17)20;/h3,8-9,15,21H,1,4-7,10-13H2,2H3;1H/t15-;/m0./s1. The number of benzene rings is 1. The van der Waals surface area contributed by atoms with Crippen molar-refractivity contribution in [1.82, 2.24) is 10.2 Å². The van der Waals surface area contributed by atoms with Crippen LogP contribution in [0.5, 0.6) is 5.75 Å². The van der Waals surface area contributed by atoms with Crippen molar-refractivity contribution in [3.05, 3.63) is 42.0 Å². The van der Waals surface area contributed by atoms with Gasteiger partial charge in [0.2, 0.25) is 0 Å². The van der Waals surface area contributed by atoms with Gasteiger partial charge in [-0.2, -0.15) is 0 Å². The van der Waals surface area contributed by atoms with E-state index in [0.29, 0.717) is 0 Å². The SMILES string of the molecule is C=CCCCC[C@@H](c1c(F)ccc(OC)c1F)N1CCNCC1.Cl. The second-order valence-electron chi connectivity index (χ2n) is 5.85. The molecule has 1 aliphatic heterocycles. The van der Waals surface area contributed by atoms with E-state index >= 15 is 0 Å². The van der Waals surface area contributed by atoms with Crippen LogP contribution >= 0.6 is 12.4 Å². The molecule has 1 aliphatic rings. The lowest BCUT2D eigenvalue weighted by molar-refractivity contribution is 0.155. The minimum Gasteiger partial charge on any atom is -0.494 e. The van der Waals surface area contributed by atoms with Gasteiger partial charge in [-0.3, -0.25) is 4.90 Å². The highest BCUT2D eigenvalue weighted by molar-refractivity contribution is 5.85. The molecule has 0 saturated carbocycles. The molecule has 0 radical (unpaired) electrons. The van der Waals surface area contributed by atoms with Crippen LogP contribution in [0.3, 0.4) is 0 Å². The van der Waals surface area contributed by atoms with Gasteiger partial charge in [-0.25, -0.2) is 8.78 Å². The molecule has 0 aliphatic carbocycles. The highest BCUT2D eigenvalue weighted by Crippen LogP contribution is 2.34. The van der Waals surface area contributed by atoms with Crippen molar-refractivity contribution < 1.29 is 13.5 Å². The minimum atomic E-state index is -0.570. The molecule has 0 amide bonds. The molecular weight excluding hydrogens is 334 g/mol. The van der Waals surface area contributed by atoms with Gasteiger partial charge in [0.05, 0.1) is 7.11 Å². The molecule has 2 rings (SSSR count). The van der Waals surface area contributed by atoms with E-state index in [2.05, 4.69) is 16.8 Å². The molecule has 1 aromatic rings. The van der Waals surface area contributed by atoms with E-state index in [1.807, 2.05) is 6.08 Å². The molecule has 1 atom stereocenters. The first-order valence-corrected chi connectivity index (χ1v) is 8.26. The van der Waals surface area contributed by atoms with Crippen LogP contribution in [0.1, 0.15) is 37.3 Å². The van der Waals surface area contributed by atoms with E-state index in [-0.39, 0.29) is 29.8 Å². The number of allylic oxidation sites excluding steroid dienone is 1. The summed E-state index contributed by atoms with van der Waals surface area (Å²) in [6, 6.07) is 2.40. The van der Waals surface area contributed by atoms with Crippen LogP contribution in [0.15, 0.2) is 24.8 Å². The summed E-state index contributed by atoms with van der Waals surface area (Å²) in [7, 11) is 1.41. The maximum absolute atomic E-state index is 14.7. The molecule has 1 saturated heterocycles. The summed E-state index contributed by atoms with van der Waals surface area (Å²) < 4.78 is 34.1. The smallest absolute Gasteiger partial charge is 0.172 e. The Kier molecular flexibility index (Phi) is 9.26. The van der Waals surface area contributed by atoms with Crippen molar-refractivity contribution in [3.8, 4) is 5.75 Å². The highest BCUT2D eigenvalue weighted by atomic mass is 35.5. The fourth-order valence-electron chi connectivity index (χ4n) is 3.14. The van der Waals surface area contributed by atoms with Gasteiger partial charge in [0.15, 0.2) is 11.6 Å². The molecule has 1 aromatic carbocycles.